The lowest BCUT2D eigenvalue weighted by molar-refractivity contribution is 0.0944. The van der Waals surface area contributed by atoms with Crippen LogP contribution in [-0.2, 0) is 10.0 Å². The normalized spacial score (nSPS) is 11.0. The number of carbonyl (C=O) groups excluding carboxylic acids is 1. The van der Waals surface area contributed by atoms with Crippen LogP contribution in [-0.4, -0.2) is 28.5 Å². The molecule has 2 N–H and O–H groups in total. The average Bonchev–Trinajstić information content (AvgIpc) is 2.61. The minimum atomic E-state index is -4.28. The van der Waals surface area contributed by atoms with E-state index in [1.165, 1.54) is 32.4 Å². The van der Waals surface area contributed by atoms with E-state index < -0.39 is 32.5 Å². The van der Waals surface area contributed by atoms with Gasteiger partial charge in [0.25, 0.3) is 15.9 Å². The number of sulfonamides is 1. The monoisotopic (exact) mass is 372 g/mol. The van der Waals surface area contributed by atoms with Gasteiger partial charge in [0.1, 0.15) is 0 Å². The summed E-state index contributed by atoms with van der Waals surface area (Å²) >= 11 is 0. The Balaban J connectivity index is 2.14. The zero-order chi connectivity index (χ0) is 18.6. The molecule has 0 fully saturated rings. The van der Waals surface area contributed by atoms with E-state index in [0.29, 0.717) is 17.9 Å². The highest BCUT2D eigenvalue weighted by Crippen LogP contribution is 2.27. The van der Waals surface area contributed by atoms with E-state index in [-0.39, 0.29) is 11.3 Å². The largest absolute Gasteiger partial charge is 0.493 e. The molecule has 0 aliphatic rings. The van der Waals surface area contributed by atoms with E-state index in [9.17, 15) is 22.0 Å². The Bertz CT molecular complexity index is 903. The van der Waals surface area contributed by atoms with Gasteiger partial charge in [-0.15, -0.1) is 4.83 Å². The maximum atomic E-state index is 13.1. The summed E-state index contributed by atoms with van der Waals surface area (Å²) in [5.74, 6) is -2.63. The fourth-order valence-electron chi connectivity index (χ4n) is 1.87. The summed E-state index contributed by atoms with van der Waals surface area (Å²) < 4.78 is 60.1. The highest BCUT2D eigenvalue weighted by atomic mass is 32.2. The van der Waals surface area contributed by atoms with Crippen LogP contribution in [0.3, 0.4) is 0 Å². The number of carbonyl (C=O) groups is 1. The van der Waals surface area contributed by atoms with Gasteiger partial charge in [-0.05, 0) is 36.4 Å². The molecule has 2 rings (SSSR count). The van der Waals surface area contributed by atoms with Crippen molar-refractivity contribution in [2.45, 2.75) is 4.90 Å². The molecule has 0 radical (unpaired) electrons. The van der Waals surface area contributed by atoms with Gasteiger partial charge in [0, 0.05) is 5.56 Å². The van der Waals surface area contributed by atoms with Crippen molar-refractivity contribution < 1.29 is 31.5 Å². The highest BCUT2D eigenvalue weighted by molar-refractivity contribution is 7.89. The number of nitrogens with one attached hydrogen (secondary N) is 2. The summed E-state index contributed by atoms with van der Waals surface area (Å²) in [5.41, 5.74) is 2.06. The summed E-state index contributed by atoms with van der Waals surface area (Å²) in [7, 11) is -1.47. The number of hydrogen-bond acceptors (Lipinski definition) is 5. The molecule has 2 aromatic rings. The highest BCUT2D eigenvalue weighted by Gasteiger charge is 2.18. The van der Waals surface area contributed by atoms with Crippen LogP contribution in [0.5, 0.6) is 11.5 Å². The van der Waals surface area contributed by atoms with Crippen LogP contribution in [0.2, 0.25) is 0 Å². The van der Waals surface area contributed by atoms with Crippen LogP contribution in [0, 0.1) is 11.6 Å². The van der Waals surface area contributed by atoms with Gasteiger partial charge < -0.3 is 9.47 Å². The Morgan fingerprint density at radius 3 is 2.24 bits per heavy atom. The van der Waals surface area contributed by atoms with Crippen molar-refractivity contribution in [1.29, 1.82) is 0 Å². The van der Waals surface area contributed by atoms with Crippen molar-refractivity contribution in [1.82, 2.24) is 10.3 Å². The first-order chi connectivity index (χ1) is 11.8. The number of benzene rings is 2. The number of ether oxygens (including phenoxy) is 2. The van der Waals surface area contributed by atoms with Gasteiger partial charge in [0.2, 0.25) is 0 Å². The molecule has 1 amide bonds. The molecule has 0 bridgehead atoms. The first-order valence-corrected chi connectivity index (χ1v) is 8.26. The SMILES string of the molecule is COc1ccc(C(=O)NNS(=O)(=O)c2ccc(F)c(F)c2)cc1OC. The number of amides is 1. The second-order valence-electron chi connectivity index (χ2n) is 4.71. The fraction of sp³-hybridized carbons (Fsp3) is 0.133. The molecule has 0 unspecified atom stereocenters. The number of methoxy groups -OCH3 is 2. The Hall–Kier alpha value is -2.72. The summed E-state index contributed by atoms with van der Waals surface area (Å²) in [5, 5.41) is 0. The third kappa shape index (κ3) is 4.22. The van der Waals surface area contributed by atoms with Crippen LogP contribution >= 0.6 is 0 Å². The first kappa shape index (κ1) is 18.6. The predicted octanol–water partition coefficient (Wildman–Crippen LogP) is 1.61. The Labute approximate surface area is 142 Å². The van der Waals surface area contributed by atoms with E-state index in [4.69, 9.17) is 9.47 Å². The van der Waals surface area contributed by atoms with Crippen LogP contribution in [0.1, 0.15) is 10.4 Å². The lowest BCUT2D eigenvalue weighted by Gasteiger charge is -2.11. The summed E-state index contributed by atoms with van der Waals surface area (Å²) in [6.07, 6.45) is 0. The van der Waals surface area contributed by atoms with Gasteiger partial charge in [0.05, 0.1) is 19.1 Å². The van der Waals surface area contributed by atoms with Crippen molar-refractivity contribution in [3.8, 4) is 11.5 Å². The predicted molar refractivity (Wildman–Crippen MR) is 83.7 cm³/mol. The Kier molecular flexibility index (Phi) is 5.55. The lowest BCUT2D eigenvalue weighted by Crippen LogP contribution is -2.41. The van der Waals surface area contributed by atoms with E-state index in [0.717, 1.165) is 6.07 Å². The Morgan fingerprint density at radius 2 is 1.64 bits per heavy atom. The van der Waals surface area contributed by atoms with Crippen LogP contribution in [0.25, 0.3) is 0 Å². The molecule has 0 spiro atoms. The number of hydrazine groups is 1. The maximum absolute atomic E-state index is 13.1. The van der Waals surface area contributed by atoms with Gasteiger partial charge in [-0.1, -0.05) is 0 Å². The Morgan fingerprint density at radius 1 is 0.960 bits per heavy atom. The lowest BCUT2D eigenvalue weighted by atomic mass is 10.2. The van der Waals surface area contributed by atoms with E-state index in [1.54, 1.807) is 4.83 Å². The van der Waals surface area contributed by atoms with Crippen molar-refractivity contribution in [2.24, 2.45) is 0 Å². The molecule has 0 aliphatic carbocycles. The molecule has 0 aromatic heterocycles. The first-order valence-electron chi connectivity index (χ1n) is 6.77. The smallest absolute Gasteiger partial charge is 0.266 e. The summed E-state index contributed by atoms with van der Waals surface area (Å²) in [6, 6.07) is 6.24. The molecule has 0 aliphatic heterocycles. The van der Waals surface area contributed by atoms with E-state index in [1.807, 2.05) is 5.43 Å². The molecule has 2 aromatic carbocycles. The zero-order valence-electron chi connectivity index (χ0n) is 13.2. The third-order valence-electron chi connectivity index (χ3n) is 3.15. The van der Waals surface area contributed by atoms with Crippen LogP contribution in [0.15, 0.2) is 41.3 Å². The minimum Gasteiger partial charge on any atom is -0.493 e. The molecule has 134 valence electrons. The van der Waals surface area contributed by atoms with Gasteiger partial charge >= 0.3 is 0 Å². The summed E-state index contributed by atoms with van der Waals surface area (Å²) in [4.78, 5) is 13.3. The number of rotatable bonds is 6. The van der Waals surface area contributed by atoms with Crippen molar-refractivity contribution in [3.05, 3.63) is 53.6 Å². The van der Waals surface area contributed by atoms with Crippen LogP contribution < -0.4 is 19.7 Å². The molecule has 0 atom stereocenters. The second kappa shape index (κ2) is 7.45. The quantitative estimate of drug-likeness (QED) is 0.752. The molecular weight excluding hydrogens is 358 g/mol. The van der Waals surface area contributed by atoms with Crippen molar-refractivity contribution >= 4 is 15.9 Å². The van der Waals surface area contributed by atoms with E-state index >= 15 is 0 Å². The molecule has 25 heavy (non-hydrogen) atoms. The fourth-order valence-corrected chi connectivity index (χ4v) is 2.72. The van der Waals surface area contributed by atoms with Crippen molar-refractivity contribution in [2.75, 3.05) is 14.2 Å². The molecule has 0 saturated carbocycles. The average molecular weight is 372 g/mol. The van der Waals surface area contributed by atoms with Crippen molar-refractivity contribution in [3.63, 3.8) is 0 Å². The van der Waals surface area contributed by atoms with Gasteiger partial charge in [-0.3, -0.25) is 10.2 Å². The number of halogens is 2. The molecule has 7 nitrogen and oxygen atoms in total. The van der Waals surface area contributed by atoms with Gasteiger partial charge in [0.15, 0.2) is 23.1 Å². The molecule has 0 saturated heterocycles. The standard InChI is InChI=1S/C15H14F2N2O5S/c1-23-13-6-3-9(7-14(13)24-2)15(20)18-19-25(21,22)10-4-5-11(16)12(17)8-10/h3-8,19H,1-2H3,(H,18,20). The van der Waals surface area contributed by atoms with Crippen LogP contribution in [0.4, 0.5) is 8.78 Å². The summed E-state index contributed by atoms with van der Waals surface area (Å²) in [6.45, 7) is 0. The third-order valence-corrected chi connectivity index (χ3v) is 4.39. The molecule has 10 heteroatoms. The molecule has 0 heterocycles. The van der Waals surface area contributed by atoms with Gasteiger partial charge in [-0.25, -0.2) is 17.2 Å². The minimum absolute atomic E-state index is 0.0886. The zero-order valence-corrected chi connectivity index (χ0v) is 14.0. The van der Waals surface area contributed by atoms with E-state index in [2.05, 4.69) is 0 Å². The topological polar surface area (TPSA) is 93.7 Å². The molecular formula is C15H14F2N2O5S. The number of hydrogen-bond donors (Lipinski definition) is 2. The van der Waals surface area contributed by atoms with Gasteiger partial charge in [-0.2, -0.15) is 0 Å². The second-order valence-corrected chi connectivity index (χ2v) is 6.39. The maximum Gasteiger partial charge on any atom is 0.266 e.